The van der Waals surface area contributed by atoms with Crippen molar-refractivity contribution in [3.05, 3.63) is 73.1 Å². The van der Waals surface area contributed by atoms with Crippen molar-refractivity contribution in [2.45, 2.75) is 0 Å². The molecule has 152 valence electrons. The molecule has 0 aliphatic heterocycles. The average molecular weight is 540 g/mol. The first-order valence-corrected chi connectivity index (χ1v) is 14.2. The number of benzene rings is 4. The van der Waals surface area contributed by atoms with E-state index in [9.17, 15) is 0 Å². The minimum absolute atomic E-state index is 0.388. The van der Waals surface area contributed by atoms with Gasteiger partial charge < -0.3 is 0 Å². The van der Waals surface area contributed by atoms with E-state index in [0.29, 0.717) is 29.0 Å². The summed E-state index contributed by atoms with van der Waals surface area (Å²) in [7, 11) is 4.27. The van der Waals surface area contributed by atoms with Crippen molar-refractivity contribution in [3.8, 4) is 0 Å². The molecule has 4 aromatic carbocycles. The Balaban J connectivity index is 1.46. The summed E-state index contributed by atoms with van der Waals surface area (Å²) < 4.78 is 10.8. The Morgan fingerprint density at radius 3 is 1.41 bits per heavy atom. The van der Waals surface area contributed by atoms with E-state index in [2.05, 4.69) is 96.3 Å². The van der Waals surface area contributed by atoms with Crippen LogP contribution >= 0.6 is 0 Å². The predicted molar refractivity (Wildman–Crippen MR) is 141 cm³/mol. The van der Waals surface area contributed by atoms with Gasteiger partial charge >= 0.3 is 196 Å². The van der Waals surface area contributed by atoms with Crippen molar-refractivity contribution in [2.24, 2.45) is 14.1 Å². The summed E-state index contributed by atoms with van der Waals surface area (Å²) in [4.78, 5) is 0. The molecule has 8 rings (SSSR count). The van der Waals surface area contributed by atoms with Gasteiger partial charge in [-0.15, -0.1) is 0 Å². The van der Waals surface area contributed by atoms with Crippen LogP contribution in [0.3, 0.4) is 0 Å². The maximum atomic E-state index is 2.48. The standard InChI is InChI=1S/C28H18N2Se2/c1-29-5-3-15-7-17-9-21-25(13-19(17)11-23(15)29)31-28-22-10-18-8-16-4-6-30(2)24(16)12-20(18)14-26(22)32-27(21)28/h3-14H,1-2H3. The Labute approximate surface area is 195 Å². The molecule has 2 nitrogen and oxygen atoms in total. The molecule has 32 heavy (non-hydrogen) atoms. The SMILES string of the molecule is Cn1ccc2cc3cc4c(cc3cc21)[se]c1c2cc3cc5ccn(C)c5cc3cc2[se]c41. The summed E-state index contributed by atoms with van der Waals surface area (Å²) in [6.07, 6.45) is 4.32. The second-order valence-corrected chi connectivity index (χ2v) is 13.3. The molecule has 0 saturated heterocycles. The molecule has 0 atom stereocenters. The predicted octanol–water partition coefficient (Wildman–Crippen LogP) is 6.55. The summed E-state index contributed by atoms with van der Waals surface area (Å²) in [5, 5.41) is 11.2. The van der Waals surface area contributed by atoms with Gasteiger partial charge in [0, 0.05) is 0 Å². The number of aryl methyl sites for hydroxylation is 2. The first kappa shape index (κ1) is 17.8. The fourth-order valence-electron chi connectivity index (χ4n) is 5.28. The Morgan fingerprint density at radius 1 is 0.500 bits per heavy atom. The van der Waals surface area contributed by atoms with Crippen LogP contribution in [0.4, 0.5) is 0 Å². The molecule has 4 heteroatoms. The first-order chi connectivity index (χ1) is 15.6. The normalized spacial score (nSPS) is 12.7. The fourth-order valence-corrected chi connectivity index (χ4v) is 11.7. The molecule has 0 radical (unpaired) electrons. The van der Waals surface area contributed by atoms with Crippen molar-refractivity contribution in [1.29, 1.82) is 0 Å². The molecule has 0 fully saturated rings. The maximum absolute atomic E-state index is 2.48. The van der Waals surface area contributed by atoms with E-state index < -0.39 is 0 Å². The van der Waals surface area contributed by atoms with Crippen molar-refractivity contribution in [2.75, 3.05) is 0 Å². The molecule has 0 amide bonds. The zero-order valence-corrected chi connectivity index (χ0v) is 21.1. The topological polar surface area (TPSA) is 9.86 Å². The zero-order chi connectivity index (χ0) is 21.1. The molecule has 0 N–H and O–H groups in total. The third-order valence-electron chi connectivity index (χ3n) is 7.00. The third kappa shape index (κ3) is 2.26. The number of nitrogens with zero attached hydrogens (tertiary/aromatic N) is 2. The van der Waals surface area contributed by atoms with Crippen LogP contribution in [-0.4, -0.2) is 38.1 Å². The molecule has 0 bridgehead atoms. The minimum atomic E-state index is 0.388. The van der Waals surface area contributed by atoms with E-state index in [-0.39, 0.29) is 0 Å². The number of rotatable bonds is 0. The van der Waals surface area contributed by atoms with Crippen molar-refractivity contribution < 1.29 is 0 Å². The van der Waals surface area contributed by atoms with Gasteiger partial charge in [-0.1, -0.05) is 0 Å². The second kappa shape index (κ2) is 5.98. The van der Waals surface area contributed by atoms with Gasteiger partial charge in [-0.25, -0.2) is 0 Å². The van der Waals surface area contributed by atoms with Gasteiger partial charge in [0.1, 0.15) is 0 Å². The van der Waals surface area contributed by atoms with Gasteiger partial charge in [-0.05, 0) is 0 Å². The summed E-state index contributed by atoms with van der Waals surface area (Å²) >= 11 is 0.777. The summed E-state index contributed by atoms with van der Waals surface area (Å²) in [6, 6.07) is 23.8. The van der Waals surface area contributed by atoms with Crippen LogP contribution in [0.5, 0.6) is 0 Å². The van der Waals surface area contributed by atoms with Gasteiger partial charge in [-0.2, -0.15) is 0 Å². The molecular weight excluding hydrogens is 522 g/mol. The Kier molecular flexibility index (Phi) is 3.32. The van der Waals surface area contributed by atoms with E-state index in [1.807, 2.05) is 0 Å². The zero-order valence-electron chi connectivity index (χ0n) is 17.6. The fraction of sp³-hybridized carbons (Fsp3) is 0.0714. The van der Waals surface area contributed by atoms with Crippen molar-refractivity contribution in [3.63, 3.8) is 0 Å². The number of fused-ring (bicyclic) bond motifs is 9. The number of hydrogen-bond donors (Lipinski definition) is 0. The number of hydrogen-bond acceptors (Lipinski definition) is 0. The first-order valence-electron chi connectivity index (χ1n) is 10.8. The molecule has 0 aliphatic carbocycles. The van der Waals surface area contributed by atoms with Crippen LogP contribution in [0.25, 0.3) is 71.2 Å². The molecule has 4 aromatic heterocycles. The Morgan fingerprint density at radius 2 is 0.938 bits per heavy atom. The van der Waals surface area contributed by atoms with Gasteiger partial charge in [0.25, 0.3) is 0 Å². The van der Waals surface area contributed by atoms with Crippen molar-refractivity contribution >= 4 is 100 Å². The van der Waals surface area contributed by atoms with Gasteiger partial charge in [0.15, 0.2) is 0 Å². The molecule has 0 spiro atoms. The second-order valence-electron chi connectivity index (χ2n) is 8.93. The van der Waals surface area contributed by atoms with E-state index in [1.165, 1.54) is 54.1 Å². The van der Waals surface area contributed by atoms with Gasteiger partial charge in [-0.3, -0.25) is 0 Å². The summed E-state index contributed by atoms with van der Waals surface area (Å²) in [5.41, 5.74) is 2.63. The van der Waals surface area contributed by atoms with E-state index in [1.54, 1.807) is 17.0 Å². The van der Waals surface area contributed by atoms with Crippen LogP contribution in [0.15, 0.2) is 73.1 Å². The molecular formula is C28H18N2Se2. The van der Waals surface area contributed by atoms with Crippen LogP contribution < -0.4 is 0 Å². The summed E-state index contributed by atoms with van der Waals surface area (Å²) in [6.45, 7) is 0. The van der Waals surface area contributed by atoms with E-state index in [0.717, 1.165) is 0 Å². The van der Waals surface area contributed by atoms with Crippen LogP contribution in [-0.2, 0) is 14.1 Å². The number of aromatic nitrogens is 2. The average Bonchev–Trinajstić information content (AvgIpc) is 3.52. The third-order valence-corrected chi connectivity index (χ3v) is 12.6. The molecule has 4 heterocycles. The quantitative estimate of drug-likeness (QED) is 0.193. The van der Waals surface area contributed by atoms with Crippen LogP contribution in [0.1, 0.15) is 0 Å². The molecule has 0 aliphatic rings. The molecule has 8 aromatic rings. The van der Waals surface area contributed by atoms with Gasteiger partial charge in [0.05, 0.1) is 0 Å². The van der Waals surface area contributed by atoms with Crippen molar-refractivity contribution in [1.82, 2.24) is 9.13 Å². The molecule has 0 saturated carbocycles. The van der Waals surface area contributed by atoms with E-state index in [4.69, 9.17) is 0 Å². The van der Waals surface area contributed by atoms with Crippen LogP contribution in [0, 0.1) is 0 Å². The Hall–Kier alpha value is -2.74. The van der Waals surface area contributed by atoms with Gasteiger partial charge in [0.2, 0.25) is 0 Å². The molecule has 0 unspecified atom stereocenters. The summed E-state index contributed by atoms with van der Waals surface area (Å²) in [5.74, 6) is 0. The van der Waals surface area contributed by atoms with E-state index >= 15 is 0 Å². The van der Waals surface area contributed by atoms with Crippen LogP contribution in [0.2, 0.25) is 0 Å². The Bertz CT molecular complexity index is 1910. The monoisotopic (exact) mass is 542 g/mol.